The zero-order valence-electron chi connectivity index (χ0n) is 19.1. The molecule has 28 heavy (non-hydrogen) atoms. The third kappa shape index (κ3) is 16.4. The monoisotopic (exact) mass is 395 g/mol. The van der Waals surface area contributed by atoms with Crippen LogP contribution in [0.4, 0.5) is 0 Å². The van der Waals surface area contributed by atoms with Gasteiger partial charge in [0.2, 0.25) is 5.91 Å². The smallest absolute Gasteiger partial charge is 0.220 e. The maximum absolute atomic E-state index is 11.9. The van der Waals surface area contributed by atoms with Crippen molar-refractivity contribution in [3.8, 4) is 0 Å². The van der Waals surface area contributed by atoms with E-state index < -0.39 is 0 Å². The number of hydrogen-bond donors (Lipinski definition) is 2. The van der Waals surface area contributed by atoms with E-state index >= 15 is 0 Å². The standard InChI is InChI=1S/C24H49N3O/c1-23(2)15-13-11-9-7-5-3-4-6-8-10-12-14-16-24(28)26-19-22-27-20-17-25-18-21-27/h23,25H,3-22H2,1-2H3,(H,26,28). The average Bonchev–Trinajstić information content (AvgIpc) is 2.69. The molecule has 4 heteroatoms. The molecule has 0 bridgehead atoms. The Morgan fingerprint density at radius 3 is 1.86 bits per heavy atom. The molecule has 0 aromatic heterocycles. The Labute approximate surface area is 175 Å². The van der Waals surface area contributed by atoms with Gasteiger partial charge in [-0.25, -0.2) is 0 Å². The predicted molar refractivity (Wildman–Crippen MR) is 122 cm³/mol. The fourth-order valence-electron chi connectivity index (χ4n) is 3.98. The number of hydrogen-bond acceptors (Lipinski definition) is 3. The minimum atomic E-state index is 0.239. The molecule has 1 saturated heterocycles. The van der Waals surface area contributed by atoms with Crippen LogP contribution < -0.4 is 10.6 Å². The highest BCUT2D eigenvalue weighted by Crippen LogP contribution is 2.14. The molecule has 0 aromatic carbocycles. The molecule has 0 atom stereocenters. The highest BCUT2D eigenvalue weighted by atomic mass is 16.1. The van der Waals surface area contributed by atoms with Crippen LogP contribution in [0.25, 0.3) is 0 Å². The first kappa shape index (κ1) is 25.4. The van der Waals surface area contributed by atoms with E-state index in [9.17, 15) is 4.79 Å². The summed E-state index contributed by atoms with van der Waals surface area (Å²) in [6.07, 6.45) is 18.4. The van der Waals surface area contributed by atoms with Gasteiger partial charge in [0.05, 0.1) is 0 Å². The minimum absolute atomic E-state index is 0.239. The van der Waals surface area contributed by atoms with Crippen LogP contribution in [0.3, 0.4) is 0 Å². The minimum Gasteiger partial charge on any atom is -0.355 e. The molecule has 1 rings (SSSR count). The number of nitrogens with one attached hydrogen (secondary N) is 2. The van der Waals surface area contributed by atoms with Crippen molar-refractivity contribution < 1.29 is 4.79 Å². The number of rotatable bonds is 18. The highest BCUT2D eigenvalue weighted by Gasteiger charge is 2.09. The second kappa shape index (κ2) is 18.4. The number of carbonyl (C=O) groups excluding carboxylic acids is 1. The van der Waals surface area contributed by atoms with Crippen molar-refractivity contribution in [2.24, 2.45) is 5.92 Å². The van der Waals surface area contributed by atoms with Gasteiger partial charge in [0.15, 0.2) is 0 Å². The predicted octanol–water partition coefficient (Wildman–Crippen LogP) is 5.13. The van der Waals surface area contributed by atoms with Crippen LogP contribution >= 0.6 is 0 Å². The van der Waals surface area contributed by atoms with Crippen molar-refractivity contribution >= 4 is 5.91 Å². The van der Waals surface area contributed by atoms with Crippen LogP contribution in [-0.4, -0.2) is 50.1 Å². The third-order valence-electron chi connectivity index (χ3n) is 5.90. The summed E-state index contributed by atoms with van der Waals surface area (Å²) in [7, 11) is 0. The molecule has 166 valence electrons. The van der Waals surface area contributed by atoms with E-state index in [1.54, 1.807) is 0 Å². The topological polar surface area (TPSA) is 44.4 Å². The van der Waals surface area contributed by atoms with Gasteiger partial charge >= 0.3 is 0 Å². The van der Waals surface area contributed by atoms with Gasteiger partial charge in [0.1, 0.15) is 0 Å². The molecule has 1 aliphatic heterocycles. The summed E-state index contributed by atoms with van der Waals surface area (Å²) in [4.78, 5) is 14.3. The van der Waals surface area contributed by atoms with E-state index in [0.29, 0.717) is 6.42 Å². The molecular formula is C24H49N3O. The first-order valence-corrected chi connectivity index (χ1v) is 12.4. The summed E-state index contributed by atoms with van der Waals surface area (Å²) in [5.41, 5.74) is 0. The first-order chi connectivity index (χ1) is 13.7. The zero-order valence-corrected chi connectivity index (χ0v) is 19.1. The van der Waals surface area contributed by atoms with Gasteiger partial charge in [-0.05, 0) is 12.3 Å². The fraction of sp³-hybridized carbons (Fsp3) is 0.958. The van der Waals surface area contributed by atoms with Crippen LogP contribution in [0, 0.1) is 5.92 Å². The molecule has 2 N–H and O–H groups in total. The second-order valence-electron chi connectivity index (χ2n) is 9.12. The average molecular weight is 396 g/mol. The Hall–Kier alpha value is -0.610. The molecule has 0 aromatic rings. The van der Waals surface area contributed by atoms with E-state index in [2.05, 4.69) is 29.4 Å². The number of carbonyl (C=O) groups is 1. The van der Waals surface area contributed by atoms with Gasteiger partial charge in [0.25, 0.3) is 0 Å². The van der Waals surface area contributed by atoms with Crippen molar-refractivity contribution in [1.82, 2.24) is 15.5 Å². The van der Waals surface area contributed by atoms with Crippen molar-refractivity contribution in [2.75, 3.05) is 39.3 Å². The molecule has 0 saturated carbocycles. The van der Waals surface area contributed by atoms with Crippen LogP contribution in [0.15, 0.2) is 0 Å². The molecule has 1 amide bonds. The van der Waals surface area contributed by atoms with Crippen LogP contribution in [0.5, 0.6) is 0 Å². The van der Waals surface area contributed by atoms with Gasteiger partial charge in [-0.3, -0.25) is 9.69 Å². The van der Waals surface area contributed by atoms with Gasteiger partial charge in [0, 0.05) is 45.7 Å². The molecular weight excluding hydrogens is 346 g/mol. The first-order valence-electron chi connectivity index (χ1n) is 12.4. The number of amides is 1. The molecule has 0 spiro atoms. The third-order valence-corrected chi connectivity index (χ3v) is 5.90. The van der Waals surface area contributed by atoms with Crippen molar-refractivity contribution in [3.63, 3.8) is 0 Å². The molecule has 0 unspecified atom stereocenters. The molecule has 1 heterocycles. The quantitative estimate of drug-likeness (QED) is 0.316. The zero-order chi connectivity index (χ0) is 20.3. The largest absolute Gasteiger partial charge is 0.355 e. The van der Waals surface area contributed by atoms with E-state index in [4.69, 9.17) is 0 Å². The normalized spacial score (nSPS) is 15.2. The van der Waals surface area contributed by atoms with E-state index in [0.717, 1.165) is 51.6 Å². The maximum atomic E-state index is 11.9. The van der Waals surface area contributed by atoms with E-state index in [1.165, 1.54) is 77.0 Å². The summed E-state index contributed by atoms with van der Waals surface area (Å²) < 4.78 is 0. The van der Waals surface area contributed by atoms with Crippen LogP contribution in [0.2, 0.25) is 0 Å². The van der Waals surface area contributed by atoms with Crippen molar-refractivity contribution in [3.05, 3.63) is 0 Å². The maximum Gasteiger partial charge on any atom is 0.220 e. The Morgan fingerprint density at radius 1 is 0.821 bits per heavy atom. The molecule has 1 aliphatic rings. The van der Waals surface area contributed by atoms with Gasteiger partial charge < -0.3 is 10.6 Å². The van der Waals surface area contributed by atoms with Gasteiger partial charge in [-0.1, -0.05) is 90.9 Å². The van der Waals surface area contributed by atoms with Crippen molar-refractivity contribution in [2.45, 2.75) is 104 Å². The Morgan fingerprint density at radius 2 is 1.32 bits per heavy atom. The van der Waals surface area contributed by atoms with E-state index in [1.807, 2.05) is 0 Å². The highest BCUT2D eigenvalue weighted by molar-refractivity contribution is 5.75. The van der Waals surface area contributed by atoms with Crippen molar-refractivity contribution in [1.29, 1.82) is 0 Å². The second-order valence-corrected chi connectivity index (χ2v) is 9.12. The lowest BCUT2D eigenvalue weighted by atomic mass is 10.0. The summed E-state index contributed by atoms with van der Waals surface area (Å²) in [5, 5.41) is 6.43. The summed E-state index contributed by atoms with van der Waals surface area (Å²) in [6.45, 7) is 10.8. The van der Waals surface area contributed by atoms with Crippen LogP contribution in [0.1, 0.15) is 104 Å². The number of piperazine rings is 1. The molecule has 0 radical (unpaired) electrons. The lowest BCUT2D eigenvalue weighted by Gasteiger charge is -2.27. The van der Waals surface area contributed by atoms with E-state index in [-0.39, 0.29) is 5.91 Å². The number of unbranched alkanes of at least 4 members (excludes halogenated alkanes) is 11. The molecule has 4 nitrogen and oxygen atoms in total. The summed E-state index contributed by atoms with van der Waals surface area (Å²) >= 11 is 0. The lowest BCUT2D eigenvalue weighted by molar-refractivity contribution is -0.121. The lowest BCUT2D eigenvalue weighted by Crippen LogP contribution is -2.46. The fourth-order valence-corrected chi connectivity index (χ4v) is 3.98. The Kier molecular flexibility index (Phi) is 16.7. The Balaban J connectivity index is 1.73. The van der Waals surface area contributed by atoms with Gasteiger partial charge in [-0.2, -0.15) is 0 Å². The summed E-state index contributed by atoms with van der Waals surface area (Å²) in [6, 6.07) is 0. The molecule has 1 fully saturated rings. The molecule has 0 aliphatic carbocycles. The Bertz CT molecular complexity index is 354. The van der Waals surface area contributed by atoms with Crippen LogP contribution in [-0.2, 0) is 4.79 Å². The van der Waals surface area contributed by atoms with Gasteiger partial charge in [-0.15, -0.1) is 0 Å². The number of nitrogens with zero attached hydrogens (tertiary/aromatic N) is 1. The summed E-state index contributed by atoms with van der Waals surface area (Å²) in [5.74, 6) is 1.11. The SMILES string of the molecule is CC(C)CCCCCCCCCCCCCCC(=O)NCCN1CCNCC1.